The Morgan fingerprint density at radius 2 is 1.41 bits per heavy atom. The second-order valence-electron chi connectivity index (χ2n) is 7.63. The summed E-state index contributed by atoms with van der Waals surface area (Å²) < 4.78 is 0. The van der Waals surface area contributed by atoms with Gasteiger partial charge >= 0.3 is 0 Å². The van der Waals surface area contributed by atoms with Crippen LogP contribution in [0, 0.1) is 0 Å². The molecule has 0 aliphatic heterocycles. The van der Waals surface area contributed by atoms with Crippen LogP contribution in [0.25, 0.3) is 0 Å². The van der Waals surface area contributed by atoms with Crippen LogP contribution >= 0.6 is 11.6 Å². The molecule has 0 amide bonds. The molecule has 0 bridgehead atoms. The number of halogens is 1. The van der Waals surface area contributed by atoms with E-state index in [2.05, 4.69) is 36.0 Å². The van der Waals surface area contributed by atoms with E-state index in [1.807, 2.05) is 12.1 Å². The lowest BCUT2D eigenvalue weighted by molar-refractivity contribution is 0.473. The van der Waals surface area contributed by atoms with Crippen molar-refractivity contribution in [1.29, 1.82) is 0 Å². The molecule has 0 fully saturated rings. The highest BCUT2D eigenvalue weighted by atomic mass is 35.5. The number of aliphatic imine (C=N–C) groups is 1. The first-order valence-corrected chi connectivity index (χ1v) is 9.48. The summed E-state index contributed by atoms with van der Waals surface area (Å²) in [4.78, 5) is 4.36. The van der Waals surface area contributed by atoms with E-state index in [-0.39, 0.29) is 16.9 Å². The van der Waals surface area contributed by atoms with Gasteiger partial charge in [-0.15, -0.1) is 0 Å². The first-order valence-electron chi connectivity index (χ1n) is 9.10. The zero-order valence-electron chi connectivity index (χ0n) is 16.5. The van der Waals surface area contributed by atoms with E-state index < -0.39 is 0 Å². The van der Waals surface area contributed by atoms with Gasteiger partial charge in [0.05, 0.1) is 11.4 Å². The van der Waals surface area contributed by atoms with E-state index in [0.717, 1.165) is 5.56 Å². The molecule has 3 rings (SSSR count). The van der Waals surface area contributed by atoms with Crippen molar-refractivity contribution < 1.29 is 10.2 Å². The number of hydrogen-bond donors (Lipinski definition) is 2. The van der Waals surface area contributed by atoms with E-state index in [9.17, 15) is 10.2 Å². The van der Waals surface area contributed by atoms with Gasteiger partial charge in [0.1, 0.15) is 17.2 Å². The third-order valence-electron chi connectivity index (χ3n) is 4.30. The monoisotopic (exact) mass is 407 g/mol. The second kappa shape index (κ2) is 8.45. The van der Waals surface area contributed by atoms with Crippen LogP contribution in [0.1, 0.15) is 31.9 Å². The molecule has 3 aromatic carbocycles. The largest absolute Gasteiger partial charge is 0.507 e. The number of phenols is 2. The van der Waals surface area contributed by atoms with Crippen LogP contribution in [0.2, 0.25) is 5.02 Å². The average molecular weight is 408 g/mol. The van der Waals surface area contributed by atoms with Crippen molar-refractivity contribution in [2.75, 3.05) is 0 Å². The fraction of sp³-hybridized carbons (Fsp3) is 0.174. The Balaban J connectivity index is 1.86. The van der Waals surface area contributed by atoms with Crippen LogP contribution in [0.4, 0.5) is 17.1 Å². The lowest BCUT2D eigenvalue weighted by Gasteiger charge is -2.19. The van der Waals surface area contributed by atoms with Gasteiger partial charge in [0, 0.05) is 16.8 Å². The van der Waals surface area contributed by atoms with E-state index in [4.69, 9.17) is 11.6 Å². The topological polar surface area (TPSA) is 77.5 Å². The Morgan fingerprint density at radius 1 is 0.793 bits per heavy atom. The Morgan fingerprint density at radius 3 is 2.10 bits per heavy atom. The molecule has 6 heteroatoms. The molecule has 3 aromatic rings. The number of azo groups is 1. The summed E-state index contributed by atoms with van der Waals surface area (Å²) in [6, 6.07) is 17.2. The molecule has 0 aliphatic rings. The average Bonchev–Trinajstić information content (AvgIpc) is 2.67. The van der Waals surface area contributed by atoms with Crippen molar-refractivity contribution in [3.8, 4) is 11.5 Å². The SMILES string of the molecule is CC(C)(C)c1ccc(O)c(N=Cc2cc(/N=N/c3ccc(Cl)cc3)ccc2O)c1. The number of hydrogen-bond acceptors (Lipinski definition) is 5. The number of rotatable bonds is 4. The predicted molar refractivity (Wildman–Crippen MR) is 118 cm³/mol. The minimum Gasteiger partial charge on any atom is -0.507 e. The molecule has 2 N–H and O–H groups in total. The summed E-state index contributed by atoms with van der Waals surface area (Å²) in [5.74, 6) is 0.137. The highest BCUT2D eigenvalue weighted by Gasteiger charge is 2.15. The lowest BCUT2D eigenvalue weighted by atomic mass is 9.87. The zero-order valence-corrected chi connectivity index (χ0v) is 17.2. The Hall–Kier alpha value is -3.18. The van der Waals surface area contributed by atoms with Gasteiger partial charge in [-0.1, -0.05) is 38.4 Å². The predicted octanol–water partition coefficient (Wildman–Crippen LogP) is 7.21. The maximum atomic E-state index is 10.1. The quantitative estimate of drug-likeness (QED) is 0.354. The van der Waals surface area contributed by atoms with E-state index in [1.165, 1.54) is 12.3 Å². The van der Waals surface area contributed by atoms with Crippen molar-refractivity contribution in [1.82, 2.24) is 0 Å². The number of benzene rings is 3. The van der Waals surface area contributed by atoms with Gasteiger partial charge in [-0.3, -0.25) is 4.99 Å². The van der Waals surface area contributed by atoms with Crippen LogP contribution in [0.15, 0.2) is 75.9 Å². The van der Waals surface area contributed by atoms with Gasteiger partial charge in [0.2, 0.25) is 0 Å². The van der Waals surface area contributed by atoms with Crippen molar-refractivity contribution in [2.24, 2.45) is 15.2 Å². The summed E-state index contributed by atoms with van der Waals surface area (Å²) in [7, 11) is 0. The van der Waals surface area contributed by atoms with Crippen molar-refractivity contribution >= 4 is 34.9 Å². The van der Waals surface area contributed by atoms with Gasteiger partial charge < -0.3 is 10.2 Å². The van der Waals surface area contributed by atoms with Crippen LogP contribution in [0.3, 0.4) is 0 Å². The molecule has 0 aromatic heterocycles. The highest BCUT2D eigenvalue weighted by molar-refractivity contribution is 6.30. The molecule has 29 heavy (non-hydrogen) atoms. The van der Waals surface area contributed by atoms with Crippen LogP contribution in [-0.4, -0.2) is 16.4 Å². The van der Waals surface area contributed by atoms with Gasteiger partial charge in [0.25, 0.3) is 0 Å². The minimum absolute atomic E-state index is 0.0608. The van der Waals surface area contributed by atoms with E-state index in [0.29, 0.717) is 27.6 Å². The smallest absolute Gasteiger partial charge is 0.141 e. The fourth-order valence-electron chi connectivity index (χ4n) is 2.56. The van der Waals surface area contributed by atoms with Gasteiger partial charge in [-0.2, -0.15) is 10.2 Å². The van der Waals surface area contributed by atoms with Gasteiger partial charge in [-0.25, -0.2) is 0 Å². The zero-order chi connectivity index (χ0) is 21.0. The number of phenolic OH excluding ortho intramolecular Hbond substituents is 2. The van der Waals surface area contributed by atoms with Gasteiger partial charge in [-0.05, 0) is 65.6 Å². The molecule has 0 unspecified atom stereocenters. The molecular formula is C23H22ClN3O2. The molecule has 0 saturated carbocycles. The van der Waals surface area contributed by atoms with Crippen molar-refractivity contribution in [2.45, 2.75) is 26.2 Å². The standard InChI is InChI=1S/C23H22ClN3O2/c1-23(2,3)16-4-10-22(29)20(13-16)25-14-15-12-19(9-11-21(15)28)27-26-18-7-5-17(24)6-8-18/h4-14,28-29H,1-3H3/b25-14?,27-26+. The molecule has 0 aliphatic carbocycles. The Kier molecular flexibility index (Phi) is 5.99. The fourth-order valence-corrected chi connectivity index (χ4v) is 2.69. The van der Waals surface area contributed by atoms with Gasteiger partial charge in [0.15, 0.2) is 0 Å². The molecule has 0 spiro atoms. The summed E-state index contributed by atoms with van der Waals surface area (Å²) in [5, 5.41) is 29.2. The first-order chi connectivity index (χ1) is 13.7. The van der Waals surface area contributed by atoms with Crippen LogP contribution in [-0.2, 0) is 5.41 Å². The normalized spacial score (nSPS) is 12.1. The maximum Gasteiger partial charge on any atom is 0.141 e. The van der Waals surface area contributed by atoms with E-state index >= 15 is 0 Å². The Labute approximate surface area is 175 Å². The highest BCUT2D eigenvalue weighted by Crippen LogP contribution is 2.33. The lowest BCUT2D eigenvalue weighted by Crippen LogP contribution is -2.10. The third-order valence-corrected chi connectivity index (χ3v) is 4.55. The molecule has 148 valence electrons. The molecule has 0 radical (unpaired) electrons. The van der Waals surface area contributed by atoms with Crippen molar-refractivity contribution in [3.05, 3.63) is 76.8 Å². The number of nitrogens with zero attached hydrogens (tertiary/aromatic N) is 3. The van der Waals surface area contributed by atoms with Crippen LogP contribution in [0.5, 0.6) is 11.5 Å². The Bertz CT molecular complexity index is 1070. The summed E-state index contributed by atoms with van der Waals surface area (Å²) in [6.45, 7) is 6.27. The molecule has 0 atom stereocenters. The second-order valence-corrected chi connectivity index (χ2v) is 8.07. The summed E-state index contributed by atoms with van der Waals surface area (Å²) in [5.41, 5.74) is 3.12. The molecule has 0 heterocycles. The molecular weight excluding hydrogens is 386 g/mol. The minimum atomic E-state index is -0.0674. The molecule has 5 nitrogen and oxygen atoms in total. The van der Waals surface area contributed by atoms with Crippen LogP contribution < -0.4 is 0 Å². The molecule has 0 saturated heterocycles. The van der Waals surface area contributed by atoms with Crippen molar-refractivity contribution in [3.63, 3.8) is 0 Å². The van der Waals surface area contributed by atoms with E-state index in [1.54, 1.807) is 42.5 Å². The third kappa shape index (κ3) is 5.42. The summed E-state index contributed by atoms with van der Waals surface area (Å²) in [6.07, 6.45) is 1.50. The first kappa shape index (κ1) is 20.6. The number of aromatic hydroxyl groups is 2. The summed E-state index contributed by atoms with van der Waals surface area (Å²) >= 11 is 5.87. The maximum absolute atomic E-state index is 10.1.